The predicted molar refractivity (Wildman–Crippen MR) is 85.5 cm³/mol. The molecule has 0 spiro atoms. The van der Waals surface area contributed by atoms with Gasteiger partial charge in [-0.3, -0.25) is 14.4 Å². The van der Waals surface area contributed by atoms with Crippen LogP contribution in [0.25, 0.3) is 0 Å². The van der Waals surface area contributed by atoms with E-state index < -0.39 is 29.6 Å². The van der Waals surface area contributed by atoms with Crippen molar-refractivity contribution in [3.05, 3.63) is 66.2 Å². The second kappa shape index (κ2) is 5.42. The normalized spacial score (nSPS) is 22.2. The average Bonchev–Trinajstić information content (AvgIpc) is 3.17. The van der Waals surface area contributed by atoms with E-state index in [1.54, 1.807) is 60.7 Å². The van der Waals surface area contributed by atoms with E-state index in [2.05, 4.69) is 5.16 Å². The maximum atomic E-state index is 12.7. The van der Waals surface area contributed by atoms with Crippen LogP contribution in [0, 0.1) is 5.92 Å². The highest BCUT2D eigenvalue weighted by Crippen LogP contribution is 2.33. The summed E-state index contributed by atoms with van der Waals surface area (Å²) in [7, 11) is 0. The molecule has 2 aromatic carbocycles. The standard InChI is InChI=1S/C18H12N2O4/c21-15(11-7-3-1-4-8-11)14-13-16(24-19-14)18(23)20(17(13)22)12-9-5-2-6-10-12/h1-10,13,16H/t13-,16-/m0/s1. The number of hydrogen-bond acceptors (Lipinski definition) is 5. The Bertz CT molecular complexity index is 861. The van der Waals surface area contributed by atoms with Gasteiger partial charge in [0.25, 0.3) is 5.91 Å². The number of oxime groups is 1. The fourth-order valence-corrected chi connectivity index (χ4v) is 2.94. The molecule has 0 saturated carbocycles. The number of para-hydroxylation sites is 1. The number of carbonyl (C=O) groups excluding carboxylic acids is 3. The second-order valence-corrected chi connectivity index (χ2v) is 5.52. The lowest BCUT2D eigenvalue weighted by molar-refractivity contribution is -0.126. The molecule has 2 aliphatic rings. The molecule has 0 bridgehead atoms. The Kier molecular flexibility index (Phi) is 3.23. The molecule has 118 valence electrons. The minimum Gasteiger partial charge on any atom is -0.381 e. The summed E-state index contributed by atoms with van der Waals surface area (Å²) in [5.41, 5.74) is 0.832. The van der Waals surface area contributed by atoms with Crippen molar-refractivity contribution in [3.63, 3.8) is 0 Å². The topological polar surface area (TPSA) is 76.0 Å². The van der Waals surface area contributed by atoms with E-state index in [0.717, 1.165) is 4.90 Å². The lowest BCUT2D eigenvalue weighted by Gasteiger charge is -2.14. The molecule has 2 aromatic rings. The molecule has 0 aliphatic carbocycles. The largest absolute Gasteiger partial charge is 0.381 e. The number of Topliss-reactive ketones (excluding diaryl/α,β-unsaturated/α-hetero) is 1. The molecule has 2 aliphatic heterocycles. The zero-order valence-corrected chi connectivity index (χ0v) is 12.5. The number of carbonyl (C=O) groups is 3. The lowest BCUT2D eigenvalue weighted by Crippen LogP contribution is -2.34. The van der Waals surface area contributed by atoms with Crippen molar-refractivity contribution in [3.8, 4) is 0 Å². The zero-order chi connectivity index (χ0) is 16.7. The summed E-state index contributed by atoms with van der Waals surface area (Å²) in [5.74, 6) is -2.39. The van der Waals surface area contributed by atoms with Gasteiger partial charge in [0.2, 0.25) is 17.8 Å². The van der Waals surface area contributed by atoms with E-state index in [-0.39, 0.29) is 5.71 Å². The Labute approximate surface area is 137 Å². The van der Waals surface area contributed by atoms with Crippen molar-refractivity contribution >= 4 is 29.0 Å². The fraction of sp³-hybridized carbons (Fsp3) is 0.111. The third kappa shape index (κ3) is 2.04. The van der Waals surface area contributed by atoms with Crippen LogP contribution >= 0.6 is 0 Å². The van der Waals surface area contributed by atoms with Crippen molar-refractivity contribution in [2.75, 3.05) is 4.90 Å². The second-order valence-electron chi connectivity index (χ2n) is 5.52. The number of nitrogens with zero attached hydrogens (tertiary/aromatic N) is 2. The van der Waals surface area contributed by atoms with Crippen LogP contribution < -0.4 is 4.90 Å². The van der Waals surface area contributed by atoms with Crippen LogP contribution in [0.3, 0.4) is 0 Å². The first-order valence-corrected chi connectivity index (χ1v) is 7.45. The number of hydrogen-bond donors (Lipinski definition) is 0. The molecule has 2 atom stereocenters. The van der Waals surface area contributed by atoms with E-state index in [9.17, 15) is 14.4 Å². The summed E-state index contributed by atoms with van der Waals surface area (Å²) >= 11 is 0. The van der Waals surface area contributed by atoms with Crippen LogP contribution in [0.15, 0.2) is 65.8 Å². The molecule has 24 heavy (non-hydrogen) atoms. The van der Waals surface area contributed by atoms with Gasteiger partial charge in [-0.25, -0.2) is 4.90 Å². The number of ketones is 1. The monoisotopic (exact) mass is 320 g/mol. The maximum absolute atomic E-state index is 12.7. The highest BCUT2D eigenvalue weighted by molar-refractivity contribution is 6.52. The van der Waals surface area contributed by atoms with Gasteiger partial charge in [-0.05, 0) is 12.1 Å². The van der Waals surface area contributed by atoms with Gasteiger partial charge in [0.15, 0.2) is 0 Å². The van der Waals surface area contributed by atoms with Gasteiger partial charge in [-0.15, -0.1) is 0 Å². The van der Waals surface area contributed by atoms with Gasteiger partial charge < -0.3 is 4.84 Å². The highest BCUT2D eigenvalue weighted by Gasteiger charge is 2.57. The van der Waals surface area contributed by atoms with Gasteiger partial charge in [-0.1, -0.05) is 53.7 Å². The Hall–Kier alpha value is -3.28. The highest BCUT2D eigenvalue weighted by atomic mass is 16.7. The summed E-state index contributed by atoms with van der Waals surface area (Å²) < 4.78 is 0. The Morgan fingerprint density at radius 2 is 1.54 bits per heavy atom. The lowest BCUT2D eigenvalue weighted by atomic mass is 9.93. The molecule has 0 N–H and O–H groups in total. The van der Waals surface area contributed by atoms with Gasteiger partial charge in [0, 0.05) is 5.56 Å². The molecule has 4 rings (SSSR count). The minimum absolute atomic E-state index is 0.0250. The van der Waals surface area contributed by atoms with Gasteiger partial charge in [0.05, 0.1) is 5.69 Å². The molecule has 0 radical (unpaired) electrons. The van der Waals surface area contributed by atoms with Crippen molar-refractivity contribution in [1.82, 2.24) is 0 Å². The number of amides is 2. The summed E-state index contributed by atoms with van der Waals surface area (Å²) in [5, 5.41) is 3.72. The molecular weight excluding hydrogens is 308 g/mol. The molecule has 1 fully saturated rings. The summed E-state index contributed by atoms with van der Waals surface area (Å²) in [6, 6.07) is 17.1. The number of anilines is 1. The van der Waals surface area contributed by atoms with Gasteiger partial charge in [-0.2, -0.15) is 0 Å². The average molecular weight is 320 g/mol. The summed E-state index contributed by atoms with van der Waals surface area (Å²) in [6.07, 6.45) is -1.07. The maximum Gasteiger partial charge on any atom is 0.278 e. The van der Waals surface area contributed by atoms with Crippen molar-refractivity contribution < 1.29 is 19.2 Å². The SMILES string of the molecule is O=C(C1=NO[C@@H]2C(=O)N(c3ccccc3)C(=O)[C@@H]12)c1ccccc1. The minimum atomic E-state index is -1.07. The van der Waals surface area contributed by atoms with Crippen molar-refractivity contribution in [2.24, 2.45) is 11.1 Å². The van der Waals surface area contributed by atoms with Crippen LogP contribution in [-0.4, -0.2) is 29.4 Å². The molecule has 1 saturated heterocycles. The Balaban J connectivity index is 1.68. The first-order valence-electron chi connectivity index (χ1n) is 7.45. The predicted octanol–water partition coefficient (Wildman–Crippen LogP) is 1.81. The zero-order valence-electron chi connectivity index (χ0n) is 12.5. The first kappa shape index (κ1) is 14.3. The van der Waals surface area contributed by atoms with Crippen LogP contribution in [0.2, 0.25) is 0 Å². The van der Waals surface area contributed by atoms with E-state index in [4.69, 9.17) is 4.84 Å². The molecule has 6 nitrogen and oxygen atoms in total. The van der Waals surface area contributed by atoms with Crippen molar-refractivity contribution in [2.45, 2.75) is 6.10 Å². The summed E-state index contributed by atoms with van der Waals surface area (Å²) in [4.78, 5) is 44.0. The van der Waals surface area contributed by atoms with Crippen LogP contribution in [-0.2, 0) is 14.4 Å². The molecule has 0 unspecified atom stereocenters. The molecule has 2 amide bonds. The van der Waals surface area contributed by atoms with Gasteiger partial charge >= 0.3 is 0 Å². The quantitative estimate of drug-likeness (QED) is 0.638. The third-order valence-corrected chi connectivity index (χ3v) is 4.10. The third-order valence-electron chi connectivity index (χ3n) is 4.10. The van der Waals surface area contributed by atoms with Crippen LogP contribution in [0.4, 0.5) is 5.69 Å². The van der Waals surface area contributed by atoms with E-state index in [0.29, 0.717) is 11.3 Å². The van der Waals surface area contributed by atoms with Gasteiger partial charge in [0.1, 0.15) is 11.6 Å². The summed E-state index contributed by atoms with van der Waals surface area (Å²) in [6.45, 7) is 0. The number of rotatable bonds is 3. The number of fused-ring (bicyclic) bond motifs is 1. The Morgan fingerprint density at radius 1 is 0.917 bits per heavy atom. The van der Waals surface area contributed by atoms with Crippen LogP contribution in [0.1, 0.15) is 10.4 Å². The van der Waals surface area contributed by atoms with Crippen molar-refractivity contribution in [1.29, 1.82) is 0 Å². The first-order chi connectivity index (χ1) is 11.7. The van der Waals surface area contributed by atoms with E-state index >= 15 is 0 Å². The Morgan fingerprint density at radius 3 is 2.21 bits per heavy atom. The molecule has 0 aromatic heterocycles. The van der Waals surface area contributed by atoms with E-state index in [1.807, 2.05) is 0 Å². The number of imide groups is 1. The molecule has 6 heteroatoms. The van der Waals surface area contributed by atoms with E-state index in [1.165, 1.54) is 0 Å². The fourth-order valence-electron chi connectivity index (χ4n) is 2.94. The smallest absolute Gasteiger partial charge is 0.278 e. The number of benzene rings is 2. The molecule has 2 heterocycles. The van der Waals surface area contributed by atoms with Crippen LogP contribution in [0.5, 0.6) is 0 Å². The molecular formula is C18H12N2O4.